The Kier molecular flexibility index (Phi) is 4.98. The summed E-state index contributed by atoms with van der Waals surface area (Å²) >= 11 is 9.18. The van der Waals surface area contributed by atoms with E-state index in [0.29, 0.717) is 11.7 Å². The summed E-state index contributed by atoms with van der Waals surface area (Å²) in [6.45, 7) is 2.07. The molecule has 0 aliphatic heterocycles. The van der Waals surface area contributed by atoms with E-state index in [1.807, 2.05) is 30.3 Å². The third-order valence-corrected chi connectivity index (χ3v) is 3.74. The van der Waals surface area contributed by atoms with Gasteiger partial charge in [-0.1, -0.05) is 29.8 Å². The number of benzene rings is 1. The zero-order chi connectivity index (χ0) is 14.5. The van der Waals surface area contributed by atoms with Gasteiger partial charge in [-0.05, 0) is 33.6 Å². The van der Waals surface area contributed by atoms with E-state index in [2.05, 4.69) is 31.5 Å². The van der Waals surface area contributed by atoms with Crippen LogP contribution in [0.1, 0.15) is 12.5 Å². The normalized spacial score (nSPS) is 10.2. The summed E-state index contributed by atoms with van der Waals surface area (Å²) in [5.74, 6) is -0.0895. The molecule has 0 spiro atoms. The third kappa shape index (κ3) is 3.95. The number of carbonyl (C=O) groups excluding carboxylic acids is 1. The Hall–Kier alpha value is -1.59. The lowest BCUT2D eigenvalue weighted by Crippen LogP contribution is -2.10. The number of carbonyl (C=O) groups is 1. The van der Waals surface area contributed by atoms with Crippen LogP contribution < -0.4 is 10.6 Å². The number of aromatic nitrogens is 1. The van der Waals surface area contributed by atoms with E-state index >= 15 is 0 Å². The molecular formula is C14H13BrClN3O. The van der Waals surface area contributed by atoms with Gasteiger partial charge in [0, 0.05) is 19.2 Å². The summed E-state index contributed by atoms with van der Waals surface area (Å²) in [5.41, 5.74) is 2.64. The number of amides is 1. The average Bonchev–Trinajstić information content (AvgIpc) is 2.41. The van der Waals surface area contributed by atoms with Crippen molar-refractivity contribution in [3.8, 4) is 0 Å². The Morgan fingerprint density at radius 3 is 2.85 bits per heavy atom. The second-order valence-electron chi connectivity index (χ2n) is 4.19. The average molecular weight is 355 g/mol. The van der Waals surface area contributed by atoms with E-state index in [1.165, 1.54) is 6.92 Å². The number of para-hydroxylation sites is 1. The Morgan fingerprint density at radius 2 is 2.15 bits per heavy atom. The first kappa shape index (κ1) is 14.8. The van der Waals surface area contributed by atoms with Gasteiger partial charge in [-0.2, -0.15) is 0 Å². The van der Waals surface area contributed by atoms with Gasteiger partial charge in [0.2, 0.25) is 5.91 Å². The summed E-state index contributed by atoms with van der Waals surface area (Å²) in [5, 5.41) is 6.47. The lowest BCUT2D eigenvalue weighted by Gasteiger charge is -2.11. The lowest BCUT2D eigenvalue weighted by atomic mass is 10.1. The maximum Gasteiger partial charge on any atom is 0.221 e. The Labute approximate surface area is 130 Å². The number of halogens is 2. The smallest absolute Gasteiger partial charge is 0.221 e. The quantitative estimate of drug-likeness (QED) is 0.814. The van der Waals surface area contributed by atoms with Crippen LogP contribution in [0.3, 0.4) is 0 Å². The molecule has 2 rings (SSSR count). The fourth-order valence-corrected chi connectivity index (χ4v) is 2.15. The van der Waals surface area contributed by atoms with Crippen LogP contribution in [0.4, 0.5) is 11.4 Å². The summed E-state index contributed by atoms with van der Waals surface area (Å²) in [7, 11) is 0. The monoisotopic (exact) mass is 353 g/mol. The van der Waals surface area contributed by atoms with Gasteiger partial charge in [0.15, 0.2) is 0 Å². The molecule has 1 aromatic carbocycles. The number of nitrogens with zero attached hydrogens (tertiary/aromatic N) is 1. The molecule has 1 aromatic heterocycles. The van der Waals surface area contributed by atoms with Crippen molar-refractivity contribution in [1.29, 1.82) is 0 Å². The van der Waals surface area contributed by atoms with Crippen LogP contribution in [0.25, 0.3) is 0 Å². The van der Waals surface area contributed by atoms with E-state index in [0.717, 1.165) is 21.4 Å². The third-order valence-electron chi connectivity index (χ3n) is 2.61. The molecule has 0 saturated carbocycles. The predicted molar refractivity (Wildman–Crippen MR) is 85.0 cm³/mol. The minimum atomic E-state index is -0.0895. The largest absolute Gasteiger partial charge is 0.380 e. The van der Waals surface area contributed by atoms with Crippen molar-refractivity contribution >= 4 is 44.8 Å². The second-order valence-corrected chi connectivity index (χ2v) is 5.40. The van der Waals surface area contributed by atoms with Crippen LogP contribution in [0.15, 0.2) is 41.0 Å². The van der Waals surface area contributed by atoms with Crippen molar-refractivity contribution in [2.45, 2.75) is 13.5 Å². The highest BCUT2D eigenvalue weighted by Crippen LogP contribution is 2.24. The molecule has 4 nitrogen and oxygen atoms in total. The van der Waals surface area contributed by atoms with Crippen LogP contribution in [-0.2, 0) is 11.3 Å². The molecule has 1 amide bonds. The number of hydrogen-bond donors (Lipinski definition) is 2. The zero-order valence-electron chi connectivity index (χ0n) is 10.8. The Balaban J connectivity index is 2.10. The summed E-state index contributed by atoms with van der Waals surface area (Å²) in [6.07, 6.45) is 1.66. The van der Waals surface area contributed by atoms with Crippen LogP contribution in [0, 0.1) is 0 Å². The molecule has 20 heavy (non-hydrogen) atoms. The van der Waals surface area contributed by atoms with Crippen molar-refractivity contribution in [3.05, 3.63) is 51.7 Å². The molecule has 0 aliphatic carbocycles. The topological polar surface area (TPSA) is 54.0 Å². The van der Waals surface area contributed by atoms with Crippen molar-refractivity contribution in [1.82, 2.24) is 4.98 Å². The van der Waals surface area contributed by atoms with Gasteiger partial charge >= 0.3 is 0 Å². The van der Waals surface area contributed by atoms with E-state index in [1.54, 1.807) is 6.20 Å². The first-order valence-electron chi connectivity index (χ1n) is 5.96. The molecule has 104 valence electrons. The first-order valence-corrected chi connectivity index (χ1v) is 7.14. The number of rotatable bonds is 4. The Morgan fingerprint density at radius 1 is 1.40 bits per heavy atom. The maximum atomic E-state index is 11.2. The second kappa shape index (κ2) is 6.72. The van der Waals surface area contributed by atoms with Gasteiger partial charge in [0.25, 0.3) is 0 Å². The summed E-state index contributed by atoms with van der Waals surface area (Å²) in [4.78, 5) is 15.2. The molecule has 6 heteroatoms. The molecule has 1 heterocycles. The van der Waals surface area contributed by atoms with Crippen LogP contribution >= 0.6 is 27.5 Å². The fourth-order valence-electron chi connectivity index (χ4n) is 1.70. The molecular weight excluding hydrogens is 342 g/mol. The van der Waals surface area contributed by atoms with Crippen LogP contribution in [0.5, 0.6) is 0 Å². The minimum absolute atomic E-state index is 0.0895. The molecule has 0 bridgehead atoms. The van der Waals surface area contributed by atoms with Gasteiger partial charge < -0.3 is 10.6 Å². The molecule has 0 radical (unpaired) electrons. The van der Waals surface area contributed by atoms with E-state index in [4.69, 9.17) is 11.6 Å². The van der Waals surface area contributed by atoms with E-state index in [9.17, 15) is 4.79 Å². The van der Waals surface area contributed by atoms with Crippen molar-refractivity contribution in [2.75, 3.05) is 10.6 Å². The molecule has 2 N–H and O–H groups in total. The zero-order valence-corrected chi connectivity index (χ0v) is 13.1. The SMILES string of the molecule is CC(=O)Nc1ccccc1CNc1cnc(Cl)c(Br)c1. The summed E-state index contributed by atoms with van der Waals surface area (Å²) in [6, 6.07) is 9.50. The molecule has 0 saturated heterocycles. The van der Waals surface area contributed by atoms with Crippen LogP contribution in [0.2, 0.25) is 5.15 Å². The van der Waals surface area contributed by atoms with Gasteiger partial charge in [0.05, 0.1) is 16.4 Å². The van der Waals surface area contributed by atoms with E-state index in [-0.39, 0.29) is 5.91 Å². The van der Waals surface area contributed by atoms with Gasteiger partial charge in [-0.25, -0.2) is 4.98 Å². The molecule has 0 unspecified atom stereocenters. The highest BCUT2D eigenvalue weighted by Gasteiger charge is 2.04. The molecule has 2 aromatic rings. The van der Waals surface area contributed by atoms with Crippen LogP contribution in [-0.4, -0.2) is 10.9 Å². The highest BCUT2D eigenvalue weighted by molar-refractivity contribution is 9.10. The Bertz CT molecular complexity index is 634. The highest BCUT2D eigenvalue weighted by atomic mass is 79.9. The summed E-state index contributed by atoms with van der Waals surface area (Å²) < 4.78 is 0.735. The van der Waals surface area contributed by atoms with Crippen molar-refractivity contribution in [2.24, 2.45) is 0 Å². The molecule has 0 atom stereocenters. The lowest BCUT2D eigenvalue weighted by molar-refractivity contribution is -0.114. The van der Waals surface area contributed by atoms with Gasteiger partial charge in [-0.15, -0.1) is 0 Å². The fraction of sp³-hybridized carbons (Fsp3) is 0.143. The van der Waals surface area contributed by atoms with Gasteiger partial charge in [0.1, 0.15) is 5.15 Å². The number of anilines is 2. The number of nitrogens with one attached hydrogen (secondary N) is 2. The standard InChI is InChI=1S/C14H13BrClN3O/c1-9(20)19-13-5-3-2-4-10(13)7-17-11-6-12(15)14(16)18-8-11/h2-6,8,17H,7H2,1H3,(H,19,20). The van der Waals surface area contributed by atoms with E-state index < -0.39 is 0 Å². The van der Waals surface area contributed by atoms with Gasteiger partial charge in [-0.3, -0.25) is 4.79 Å². The molecule has 0 aliphatic rings. The number of hydrogen-bond acceptors (Lipinski definition) is 3. The van der Waals surface area contributed by atoms with Crippen molar-refractivity contribution in [3.63, 3.8) is 0 Å². The molecule has 0 fully saturated rings. The minimum Gasteiger partial charge on any atom is -0.380 e. The predicted octanol–water partition coefficient (Wildman–Crippen LogP) is 4.07. The first-order chi connectivity index (χ1) is 9.56. The maximum absolute atomic E-state index is 11.2. The number of pyridine rings is 1. The van der Waals surface area contributed by atoms with Crippen molar-refractivity contribution < 1.29 is 4.79 Å².